The Kier molecular flexibility index (Phi) is 6.20. The van der Waals surface area contributed by atoms with Gasteiger partial charge in [-0.3, -0.25) is 24.1 Å². The van der Waals surface area contributed by atoms with E-state index in [1.54, 1.807) is 31.2 Å². The van der Waals surface area contributed by atoms with Gasteiger partial charge in [0.2, 0.25) is 17.7 Å². The molecule has 3 amide bonds. The van der Waals surface area contributed by atoms with Gasteiger partial charge in [-0.1, -0.05) is 12.1 Å². The van der Waals surface area contributed by atoms with Crippen molar-refractivity contribution in [3.8, 4) is 5.75 Å². The fourth-order valence-electron chi connectivity index (χ4n) is 3.15. The average Bonchev–Trinajstić information content (AvgIpc) is 2.86. The van der Waals surface area contributed by atoms with Crippen LogP contribution in [-0.2, 0) is 29.3 Å². The number of rotatable bonds is 7. The number of carbonyl (C=O) groups excluding carboxylic acids is 4. The van der Waals surface area contributed by atoms with Crippen molar-refractivity contribution >= 4 is 23.7 Å². The smallest absolute Gasteiger partial charge is 0.325 e. The summed E-state index contributed by atoms with van der Waals surface area (Å²) >= 11 is 0. The highest BCUT2D eigenvalue weighted by Crippen LogP contribution is 2.40. The molecule has 0 radical (unpaired) electrons. The van der Waals surface area contributed by atoms with E-state index in [1.165, 1.54) is 26.1 Å². The topological polar surface area (TPSA) is 93.2 Å². The summed E-state index contributed by atoms with van der Waals surface area (Å²) in [6.07, 6.45) is -0.348. The molecule has 1 fully saturated rings. The van der Waals surface area contributed by atoms with E-state index in [1.807, 2.05) is 0 Å². The van der Waals surface area contributed by atoms with Gasteiger partial charge in [0.05, 0.1) is 19.1 Å². The van der Waals surface area contributed by atoms with Crippen molar-refractivity contribution in [2.24, 2.45) is 0 Å². The van der Waals surface area contributed by atoms with E-state index >= 15 is 0 Å². The minimum atomic E-state index is -1.32. The number of ether oxygens (including phenoxy) is 2. The Morgan fingerprint density at radius 1 is 1.30 bits per heavy atom. The highest BCUT2D eigenvalue weighted by atomic mass is 16.5. The normalized spacial score (nSPS) is 19.2. The maximum Gasteiger partial charge on any atom is 0.325 e. The van der Waals surface area contributed by atoms with Gasteiger partial charge in [-0.25, -0.2) is 0 Å². The summed E-state index contributed by atoms with van der Waals surface area (Å²) < 4.78 is 10.1. The minimum Gasteiger partial charge on any atom is -0.497 e. The van der Waals surface area contributed by atoms with E-state index < -0.39 is 23.2 Å². The molecule has 1 atom stereocenters. The average molecular weight is 376 g/mol. The summed E-state index contributed by atoms with van der Waals surface area (Å²) in [7, 11) is 4.36. The lowest BCUT2D eigenvalue weighted by Crippen LogP contribution is -2.43. The molecule has 1 saturated heterocycles. The van der Waals surface area contributed by atoms with E-state index in [0.29, 0.717) is 11.3 Å². The molecule has 0 bridgehead atoms. The number of amides is 3. The SMILES string of the molecule is CCOC(=O)CN(C)C(=O)C[C@]1(c2cccc(OC)c2)CC(=O)N(C)C1=O. The van der Waals surface area contributed by atoms with Gasteiger partial charge in [-0.05, 0) is 24.6 Å². The number of esters is 1. The molecule has 1 heterocycles. The van der Waals surface area contributed by atoms with Crippen LogP contribution in [0.3, 0.4) is 0 Å². The van der Waals surface area contributed by atoms with E-state index in [-0.39, 0.29) is 31.9 Å². The number of carbonyl (C=O) groups is 4. The van der Waals surface area contributed by atoms with Gasteiger partial charge >= 0.3 is 5.97 Å². The van der Waals surface area contributed by atoms with E-state index in [2.05, 4.69) is 0 Å². The highest BCUT2D eigenvalue weighted by molar-refractivity contribution is 6.10. The Hall–Kier alpha value is -2.90. The molecule has 0 saturated carbocycles. The van der Waals surface area contributed by atoms with Gasteiger partial charge in [0.15, 0.2) is 0 Å². The molecule has 27 heavy (non-hydrogen) atoms. The zero-order valence-electron chi connectivity index (χ0n) is 16.0. The summed E-state index contributed by atoms with van der Waals surface area (Å²) in [6, 6.07) is 6.78. The standard InChI is InChI=1S/C19H24N2O6/c1-5-27-17(24)12-20(2)15(22)10-19(11-16(23)21(3)18(19)25)13-7-6-8-14(9-13)26-4/h6-9H,5,10-12H2,1-4H3/t19-/m1/s1. The lowest BCUT2D eigenvalue weighted by molar-refractivity contribution is -0.148. The molecule has 0 unspecified atom stereocenters. The van der Waals surface area contributed by atoms with Crippen molar-refractivity contribution in [3.63, 3.8) is 0 Å². The first-order chi connectivity index (χ1) is 12.7. The second-order valence-corrected chi connectivity index (χ2v) is 6.48. The first-order valence-electron chi connectivity index (χ1n) is 8.60. The van der Waals surface area contributed by atoms with E-state index in [9.17, 15) is 19.2 Å². The maximum atomic E-state index is 12.9. The van der Waals surface area contributed by atoms with Crippen molar-refractivity contribution in [2.45, 2.75) is 25.2 Å². The molecule has 1 aliphatic heterocycles. The largest absolute Gasteiger partial charge is 0.497 e. The van der Waals surface area contributed by atoms with Gasteiger partial charge < -0.3 is 14.4 Å². The summed E-state index contributed by atoms with van der Waals surface area (Å²) in [5.41, 5.74) is -0.789. The summed E-state index contributed by atoms with van der Waals surface area (Å²) in [5, 5.41) is 0. The lowest BCUT2D eigenvalue weighted by Gasteiger charge is -2.28. The molecule has 1 aromatic carbocycles. The van der Waals surface area contributed by atoms with Crippen LogP contribution in [-0.4, -0.2) is 67.8 Å². The van der Waals surface area contributed by atoms with Crippen molar-refractivity contribution in [2.75, 3.05) is 34.4 Å². The monoisotopic (exact) mass is 376 g/mol. The zero-order chi connectivity index (χ0) is 20.2. The van der Waals surface area contributed by atoms with Crippen molar-refractivity contribution in [3.05, 3.63) is 29.8 Å². The first kappa shape index (κ1) is 20.4. The Bertz CT molecular complexity index is 762. The van der Waals surface area contributed by atoms with Crippen LogP contribution in [0.5, 0.6) is 5.75 Å². The quantitative estimate of drug-likeness (QED) is 0.515. The van der Waals surface area contributed by atoms with Crippen LogP contribution in [0.25, 0.3) is 0 Å². The van der Waals surface area contributed by atoms with Crippen molar-refractivity contribution < 1.29 is 28.7 Å². The number of hydrogen-bond donors (Lipinski definition) is 0. The molecule has 8 nitrogen and oxygen atoms in total. The third-order valence-electron chi connectivity index (χ3n) is 4.71. The van der Waals surface area contributed by atoms with E-state index in [0.717, 1.165) is 4.90 Å². The Morgan fingerprint density at radius 3 is 2.56 bits per heavy atom. The predicted octanol–water partition coefficient (Wildman–Crippen LogP) is 0.733. The number of likely N-dealkylation sites (tertiary alicyclic amines) is 1. The minimum absolute atomic E-state index is 0.117. The second kappa shape index (κ2) is 8.20. The number of benzene rings is 1. The summed E-state index contributed by atoms with van der Waals surface area (Å²) in [6.45, 7) is 1.67. The molecular formula is C19H24N2O6. The molecular weight excluding hydrogens is 352 g/mol. The fraction of sp³-hybridized carbons (Fsp3) is 0.474. The third-order valence-corrected chi connectivity index (χ3v) is 4.71. The van der Waals surface area contributed by atoms with E-state index in [4.69, 9.17) is 9.47 Å². The number of hydrogen-bond acceptors (Lipinski definition) is 6. The molecule has 0 N–H and O–H groups in total. The summed E-state index contributed by atoms with van der Waals surface area (Å²) in [4.78, 5) is 51.8. The number of methoxy groups -OCH3 is 1. The number of imide groups is 1. The predicted molar refractivity (Wildman–Crippen MR) is 96.0 cm³/mol. The zero-order valence-corrected chi connectivity index (χ0v) is 16.0. The van der Waals surface area contributed by atoms with Gasteiger partial charge in [0.1, 0.15) is 12.3 Å². The lowest BCUT2D eigenvalue weighted by atomic mass is 9.75. The second-order valence-electron chi connectivity index (χ2n) is 6.48. The van der Waals surface area contributed by atoms with Crippen LogP contribution < -0.4 is 4.74 Å². The first-order valence-corrected chi connectivity index (χ1v) is 8.60. The molecule has 2 rings (SSSR count). The number of likely N-dealkylation sites (N-methyl/N-ethyl adjacent to an activating group) is 2. The van der Waals surface area contributed by atoms with Crippen molar-refractivity contribution in [1.82, 2.24) is 9.80 Å². The molecule has 0 spiro atoms. The van der Waals surface area contributed by atoms with Gasteiger partial charge in [-0.2, -0.15) is 0 Å². The van der Waals surface area contributed by atoms with Crippen LogP contribution in [0.1, 0.15) is 25.3 Å². The van der Waals surface area contributed by atoms with Gasteiger partial charge in [0, 0.05) is 26.9 Å². The maximum absolute atomic E-state index is 12.9. The fourth-order valence-corrected chi connectivity index (χ4v) is 3.15. The van der Waals surface area contributed by atoms with Gasteiger partial charge in [-0.15, -0.1) is 0 Å². The molecule has 1 aliphatic rings. The third kappa shape index (κ3) is 4.10. The molecule has 1 aromatic rings. The molecule has 146 valence electrons. The Labute approximate surface area is 158 Å². The molecule has 8 heteroatoms. The van der Waals surface area contributed by atoms with Crippen LogP contribution in [0.4, 0.5) is 0 Å². The van der Waals surface area contributed by atoms with Crippen LogP contribution in [0.15, 0.2) is 24.3 Å². The molecule has 0 aliphatic carbocycles. The Morgan fingerprint density at radius 2 is 2.00 bits per heavy atom. The Balaban J connectivity index is 2.34. The van der Waals surface area contributed by atoms with Crippen LogP contribution in [0, 0.1) is 0 Å². The van der Waals surface area contributed by atoms with Crippen LogP contribution >= 0.6 is 0 Å². The number of nitrogens with zero attached hydrogens (tertiary/aromatic N) is 2. The van der Waals surface area contributed by atoms with Crippen molar-refractivity contribution in [1.29, 1.82) is 0 Å². The van der Waals surface area contributed by atoms with Crippen LogP contribution in [0.2, 0.25) is 0 Å². The van der Waals surface area contributed by atoms with Gasteiger partial charge in [0.25, 0.3) is 0 Å². The molecule has 0 aromatic heterocycles. The summed E-state index contributed by atoms with van der Waals surface area (Å²) in [5.74, 6) is -1.24. The highest BCUT2D eigenvalue weighted by Gasteiger charge is 2.53.